The van der Waals surface area contributed by atoms with Gasteiger partial charge < -0.3 is 20.4 Å². The molecule has 0 aliphatic heterocycles. The van der Waals surface area contributed by atoms with Crippen LogP contribution in [0.25, 0.3) is 0 Å². The fourth-order valence-electron chi connectivity index (χ4n) is 1.21. The Morgan fingerprint density at radius 2 is 1.84 bits per heavy atom. The Bertz CT molecular complexity index is 376. The maximum absolute atomic E-state index is 11.7. The van der Waals surface area contributed by atoms with Crippen LogP contribution in [0.15, 0.2) is 11.6 Å². The highest BCUT2D eigenvalue weighted by molar-refractivity contribution is 5.95. The van der Waals surface area contributed by atoms with E-state index in [-0.39, 0.29) is 12.8 Å². The summed E-state index contributed by atoms with van der Waals surface area (Å²) in [4.78, 5) is 34.9. The van der Waals surface area contributed by atoms with E-state index in [1.165, 1.54) is 0 Å². The van der Waals surface area contributed by atoms with Crippen molar-refractivity contribution in [2.24, 2.45) is 0 Å². The van der Waals surface area contributed by atoms with Crippen molar-refractivity contribution in [3.63, 3.8) is 0 Å². The Hall–Kier alpha value is -1.89. The van der Waals surface area contributed by atoms with Crippen LogP contribution in [-0.4, -0.2) is 59.6 Å². The first-order valence-corrected chi connectivity index (χ1v) is 5.81. The van der Waals surface area contributed by atoms with E-state index in [1.807, 2.05) is 19.0 Å². The van der Waals surface area contributed by atoms with Gasteiger partial charge in [0.2, 0.25) is 5.91 Å². The lowest BCUT2D eigenvalue weighted by molar-refractivity contribution is -0.142. The predicted molar refractivity (Wildman–Crippen MR) is 68.7 cm³/mol. The third kappa shape index (κ3) is 7.93. The van der Waals surface area contributed by atoms with Gasteiger partial charge in [-0.15, -0.1) is 0 Å². The molecule has 0 radical (unpaired) electrons. The van der Waals surface area contributed by atoms with Crippen molar-refractivity contribution in [1.82, 2.24) is 10.2 Å². The largest absolute Gasteiger partial charge is 0.481 e. The molecular weight excluding hydrogens is 252 g/mol. The van der Waals surface area contributed by atoms with Gasteiger partial charge in [-0.05, 0) is 27.4 Å². The van der Waals surface area contributed by atoms with E-state index in [0.29, 0.717) is 12.1 Å². The van der Waals surface area contributed by atoms with Crippen molar-refractivity contribution in [1.29, 1.82) is 0 Å². The van der Waals surface area contributed by atoms with E-state index in [0.717, 1.165) is 0 Å². The van der Waals surface area contributed by atoms with Crippen LogP contribution in [0.5, 0.6) is 0 Å². The lowest BCUT2D eigenvalue weighted by Crippen LogP contribution is -2.41. The summed E-state index contributed by atoms with van der Waals surface area (Å²) in [5, 5.41) is 19.7. The molecule has 0 aliphatic rings. The maximum atomic E-state index is 11.7. The molecule has 3 N–H and O–H groups in total. The number of amides is 1. The predicted octanol–water partition coefficient (Wildman–Crippen LogP) is -0.0715. The van der Waals surface area contributed by atoms with Gasteiger partial charge in [0.15, 0.2) is 0 Å². The number of carbonyl (C=O) groups is 3. The molecule has 0 fully saturated rings. The summed E-state index contributed by atoms with van der Waals surface area (Å²) in [5.41, 5.74) is 0.398. The lowest BCUT2D eigenvalue weighted by atomic mass is 10.1. The molecule has 0 rings (SSSR count). The van der Waals surface area contributed by atoms with Gasteiger partial charge in [-0.3, -0.25) is 9.59 Å². The molecule has 0 heterocycles. The molecule has 19 heavy (non-hydrogen) atoms. The van der Waals surface area contributed by atoms with Crippen LogP contribution in [0.4, 0.5) is 0 Å². The van der Waals surface area contributed by atoms with Crippen molar-refractivity contribution in [2.45, 2.75) is 25.8 Å². The number of likely N-dealkylation sites (N-methyl/N-ethyl adjacent to an activating group) is 1. The number of carbonyl (C=O) groups excluding carboxylic acids is 1. The average Bonchev–Trinajstić information content (AvgIpc) is 2.30. The minimum absolute atomic E-state index is 0.142. The van der Waals surface area contributed by atoms with Gasteiger partial charge in [-0.25, -0.2) is 4.79 Å². The van der Waals surface area contributed by atoms with Crippen molar-refractivity contribution in [2.75, 3.05) is 20.6 Å². The molecule has 1 amide bonds. The molecule has 1 atom stereocenters. The minimum Gasteiger partial charge on any atom is -0.481 e. The smallest absolute Gasteiger partial charge is 0.326 e. The Balaban J connectivity index is 4.50. The van der Waals surface area contributed by atoms with Crippen molar-refractivity contribution in [3.05, 3.63) is 11.6 Å². The molecule has 0 saturated carbocycles. The number of aliphatic carboxylic acids is 2. The zero-order valence-corrected chi connectivity index (χ0v) is 11.3. The van der Waals surface area contributed by atoms with Crippen LogP contribution >= 0.6 is 0 Å². The van der Waals surface area contributed by atoms with Gasteiger partial charge in [0.05, 0.1) is 0 Å². The lowest BCUT2D eigenvalue weighted by Gasteiger charge is -2.14. The highest BCUT2D eigenvalue weighted by atomic mass is 16.4. The first kappa shape index (κ1) is 17.1. The molecule has 0 aromatic heterocycles. The van der Waals surface area contributed by atoms with Gasteiger partial charge in [0.1, 0.15) is 6.04 Å². The van der Waals surface area contributed by atoms with E-state index >= 15 is 0 Å². The summed E-state index contributed by atoms with van der Waals surface area (Å²) < 4.78 is 0. The van der Waals surface area contributed by atoms with Crippen LogP contribution in [0.3, 0.4) is 0 Å². The molecule has 7 nitrogen and oxygen atoms in total. The molecule has 0 aromatic rings. The number of nitrogens with one attached hydrogen (secondary N) is 1. The number of hydrogen-bond donors (Lipinski definition) is 3. The van der Waals surface area contributed by atoms with E-state index in [4.69, 9.17) is 10.2 Å². The van der Waals surface area contributed by atoms with Gasteiger partial charge in [0, 0.05) is 18.5 Å². The SMILES string of the molecule is C/C(=C\CN(C)C)C(=O)NC(CCC(=O)O)C(=O)O. The zero-order chi connectivity index (χ0) is 15.0. The summed E-state index contributed by atoms with van der Waals surface area (Å²) in [6.45, 7) is 2.14. The Kier molecular flexibility index (Phi) is 7.43. The number of rotatable bonds is 8. The number of nitrogens with zero attached hydrogens (tertiary/aromatic N) is 1. The summed E-state index contributed by atoms with van der Waals surface area (Å²) in [5.74, 6) is -2.84. The minimum atomic E-state index is -1.24. The Morgan fingerprint density at radius 1 is 1.26 bits per heavy atom. The summed E-state index contributed by atoms with van der Waals surface area (Å²) in [6.07, 6.45) is 1.22. The van der Waals surface area contributed by atoms with Crippen LogP contribution in [0.2, 0.25) is 0 Å². The number of hydrogen-bond acceptors (Lipinski definition) is 4. The molecule has 108 valence electrons. The first-order chi connectivity index (χ1) is 8.73. The van der Waals surface area contributed by atoms with Crippen molar-refractivity contribution in [3.8, 4) is 0 Å². The van der Waals surface area contributed by atoms with Gasteiger partial charge in [-0.2, -0.15) is 0 Å². The monoisotopic (exact) mass is 272 g/mol. The van der Waals surface area contributed by atoms with Crippen LogP contribution in [0, 0.1) is 0 Å². The Morgan fingerprint density at radius 3 is 2.26 bits per heavy atom. The van der Waals surface area contributed by atoms with Gasteiger partial charge in [0.25, 0.3) is 0 Å². The zero-order valence-electron chi connectivity index (χ0n) is 11.3. The normalized spacial score (nSPS) is 13.2. The van der Waals surface area contributed by atoms with Crippen LogP contribution in [-0.2, 0) is 14.4 Å². The van der Waals surface area contributed by atoms with E-state index in [1.54, 1.807) is 13.0 Å². The number of carboxylic acid groups (broad SMARTS) is 2. The second-order valence-electron chi connectivity index (χ2n) is 4.45. The van der Waals surface area contributed by atoms with E-state index in [2.05, 4.69) is 5.32 Å². The second kappa shape index (κ2) is 8.25. The third-order valence-electron chi connectivity index (χ3n) is 2.37. The maximum Gasteiger partial charge on any atom is 0.326 e. The molecule has 0 spiro atoms. The quantitative estimate of drug-likeness (QED) is 0.534. The molecule has 7 heteroatoms. The molecule has 1 unspecified atom stereocenters. The molecule has 0 saturated heterocycles. The highest BCUT2D eigenvalue weighted by Crippen LogP contribution is 2.01. The molecule has 0 aromatic carbocycles. The molecule has 0 aliphatic carbocycles. The van der Waals surface area contributed by atoms with Gasteiger partial charge >= 0.3 is 11.9 Å². The first-order valence-electron chi connectivity index (χ1n) is 5.81. The second-order valence-corrected chi connectivity index (χ2v) is 4.45. The number of carboxylic acids is 2. The fraction of sp³-hybridized carbons (Fsp3) is 0.583. The standard InChI is InChI=1S/C12H20N2O5/c1-8(6-7-14(2)3)11(17)13-9(12(18)19)4-5-10(15)16/h6,9H,4-5,7H2,1-3H3,(H,13,17)(H,15,16)(H,18,19)/b8-6+. The summed E-state index contributed by atoms with van der Waals surface area (Å²) in [6, 6.07) is -1.19. The van der Waals surface area contributed by atoms with E-state index in [9.17, 15) is 14.4 Å². The molecule has 0 bridgehead atoms. The van der Waals surface area contributed by atoms with Gasteiger partial charge in [-0.1, -0.05) is 6.08 Å². The van der Waals surface area contributed by atoms with Crippen LogP contribution in [0.1, 0.15) is 19.8 Å². The summed E-state index contributed by atoms with van der Waals surface area (Å²) >= 11 is 0. The highest BCUT2D eigenvalue weighted by Gasteiger charge is 2.21. The third-order valence-corrected chi connectivity index (χ3v) is 2.37. The Labute approximate surface area is 111 Å². The fourth-order valence-corrected chi connectivity index (χ4v) is 1.21. The van der Waals surface area contributed by atoms with Crippen molar-refractivity contribution < 1.29 is 24.6 Å². The van der Waals surface area contributed by atoms with E-state index < -0.39 is 23.9 Å². The average molecular weight is 272 g/mol. The van der Waals surface area contributed by atoms with Crippen LogP contribution < -0.4 is 5.32 Å². The topological polar surface area (TPSA) is 107 Å². The summed E-state index contributed by atoms with van der Waals surface area (Å²) in [7, 11) is 3.68. The van der Waals surface area contributed by atoms with Crippen molar-refractivity contribution >= 4 is 17.8 Å². The molecular formula is C12H20N2O5.